The van der Waals surface area contributed by atoms with E-state index in [1.54, 1.807) is 6.20 Å². The van der Waals surface area contributed by atoms with E-state index in [9.17, 15) is 24.3 Å². The third-order valence-electron chi connectivity index (χ3n) is 8.86. The molecule has 0 aliphatic rings. The Morgan fingerprint density at radius 3 is 2.00 bits per heavy atom. The minimum Gasteiger partial charge on any atom is -0.461 e. The van der Waals surface area contributed by atoms with Crippen LogP contribution in [-0.2, 0) is 49.9 Å². The first kappa shape index (κ1) is 39.2. The highest BCUT2D eigenvalue weighted by molar-refractivity contribution is 5.93. The highest BCUT2D eigenvalue weighted by Crippen LogP contribution is 2.20. The summed E-state index contributed by atoms with van der Waals surface area (Å²) < 4.78 is 10.9. The Morgan fingerprint density at radius 1 is 0.722 bits per heavy atom. The molecular weight excluding hydrogens is 686 g/mol. The molecule has 282 valence electrons. The van der Waals surface area contributed by atoms with Gasteiger partial charge in [0.15, 0.2) is 0 Å². The van der Waals surface area contributed by atoms with Crippen molar-refractivity contribution in [2.24, 2.45) is 5.92 Å². The third kappa shape index (κ3) is 12.0. The molecule has 0 spiro atoms. The van der Waals surface area contributed by atoms with Crippen molar-refractivity contribution < 1.29 is 33.8 Å². The molecule has 0 radical (unpaired) electrons. The van der Waals surface area contributed by atoms with Gasteiger partial charge in [0, 0.05) is 19.0 Å². The Kier molecular flexibility index (Phi) is 14.3. The molecule has 12 nitrogen and oxygen atoms in total. The minimum absolute atomic E-state index is 0.00116. The van der Waals surface area contributed by atoms with Crippen molar-refractivity contribution >= 4 is 34.6 Å². The highest BCUT2D eigenvalue weighted by atomic mass is 16.5. The number of rotatable bonds is 18. The first-order chi connectivity index (χ1) is 26.1. The number of alkyl carbamates (subject to hydrolysis) is 1. The van der Waals surface area contributed by atoms with Gasteiger partial charge in [0.1, 0.15) is 25.3 Å². The molecule has 1 heterocycles. The number of aliphatic hydroxyl groups is 1. The highest BCUT2D eigenvalue weighted by Gasteiger charge is 2.32. The molecule has 0 bridgehead atoms. The van der Waals surface area contributed by atoms with Gasteiger partial charge in [-0.1, -0.05) is 117 Å². The van der Waals surface area contributed by atoms with Crippen LogP contribution in [0.3, 0.4) is 0 Å². The number of esters is 1. The van der Waals surface area contributed by atoms with Crippen molar-refractivity contribution in [3.05, 3.63) is 138 Å². The number of H-pyrrole nitrogens is 1. The quantitative estimate of drug-likeness (QED) is 0.0770. The summed E-state index contributed by atoms with van der Waals surface area (Å²) in [5, 5.41) is 21.5. The van der Waals surface area contributed by atoms with Crippen LogP contribution in [0.4, 0.5) is 4.79 Å². The number of ether oxygens (including phenoxy) is 2. The van der Waals surface area contributed by atoms with Crippen LogP contribution in [0.15, 0.2) is 116 Å². The number of amides is 3. The van der Waals surface area contributed by atoms with Crippen molar-refractivity contribution in [3.63, 3.8) is 0 Å². The van der Waals surface area contributed by atoms with Crippen molar-refractivity contribution in [1.82, 2.24) is 25.9 Å². The Hall–Kier alpha value is -6.01. The SMILES string of the molecule is CC(C)C[C@H](NC(=O)[C@@H](Cc1c[nH]cn1)NC(=O)[C@@H](Cc1cccc2ccccc12)NC(=O)OCc1ccccc1)[C@@H](O)CC(=O)OCc1ccccc1. The van der Waals surface area contributed by atoms with Gasteiger partial charge in [0.2, 0.25) is 11.8 Å². The molecule has 5 rings (SSSR count). The lowest BCUT2D eigenvalue weighted by Crippen LogP contribution is -2.57. The van der Waals surface area contributed by atoms with E-state index in [2.05, 4.69) is 25.9 Å². The summed E-state index contributed by atoms with van der Waals surface area (Å²) in [5.41, 5.74) is 2.90. The second-order valence-electron chi connectivity index (χ2n) is 13.6. The Bertz CT molecular complexity index is 1950. The lowest BCUT2D eigenvalue weighted by molar-refractivity contribution is -0.148. The average molecular weight is 734 g/mol. The van der Waals surface area contributed by atoms with Crippen LogP contribution >= 0.6 is 0 Å². The van der Waals surface area contributed by atoms with Gasteiger partial charge in [-0.25, -0.2) is 9.78 Å². The standard InChI is InChI=1S/C42H47N5O7/c1-28(2)20-35(38(48)23-39(49)53-25-29-12-5-3-6-13-29)45-41(51)37(22-33-24-43-27-44-33)46-40(50)36(47-42(52)54-26-30-14-7-4-8-15-30)21-32-18-11-17-31-16-9-10-19-34(31)32/h3-19,24,27-28,35-38,48H,20-23,25-26H2,1-2H3,(H,43,44)(H,45,51)(H,46,50)(H,47,52)/t35-,36+,37+,38-/m0/s1. The summed E-state index contributed by atoms with van der Waals surface area (Å²) in [6.07, 6.45) is 1.13. The number of hydrogen-bond acceptors (Lipinski definition) is 8. The smallest absolute Gasteiger partial charge is 0.408 e. The van der Waals surface area contributed by atoms with Gasteiger partial charge in [-0.2, -0.15) is 0 Å². The first-order valence-corrected chi connectivity index (χ1v) is 18.0. The molecule has 54 heavy (non-hydrogen) atoms. The maximum atomic E-state index is 14.2. The van der Waals surface area contributed by atoms with Crippen LogP contribution in [0.1, 0.15) is 49.1 Å². The second-order valence-corrected chi connectivity index (χ2v) is 13.6. The molecule has 1 aromatic heterocycles. The number of nitrogens with zero attached hydrogens (tertiary/aromatic N) is 1. The van der Waals surface area contributed by atoms with Gasteiger partial charge in [-0.3, -0.25) is 14.4 Å². The number of aromatic amines is 1. The number of benzene rings is 4. The molecule has 0 aliphatic heterocycles. The molecule has 0 saturated carbocycles. The zero-order valence-electron chi connectivity index (χ0n) is 30.4. The summed E-state index contributed by atoms with van der Waals surface area (Å²) >= 11 is 0. The van der Waals surface area contributed by atoms with Crippen molar-refractivity contribution in [2.45, 2.75) is 77.0 Å². The summed E-state index contributed by atoms with van der Waals surface area (Å²) in [6.45, 7) is 3.92. The van der Waals surface area contributed by atoms with Crippen LogP contribution < -0.4 is 16.0 Å². The molecule has 5 N–H and O–H groups in total. The van der Waals surface area contributed by atoms with Gasteiger partial charge in [0.25, 0.3) is 0 Å². The Labute approximate surface area is 314 Å². The number of aliphatic hydroxyl groups excluding tert-OH is 1. The molecule has 4 aromatic carbocycles. The van der Waals surface area contributed by atoms with Crippen LogP contribution in [0.2, 0.25) is 0 Å². The normalized spacial score (nSPS) is 13.3. The molecule has 0 aliphatic carbocycles. The lowest BCUT2D eigenvalue weighted by Gasteiger charge is -2.28. The van der Waals surface area contributed by atoms with Crippen molar-refractivity contribution in [3.8, 4) is 0 Å². The monoisotopic (exact) mass is 733 g/mol. The Morgan fingerprint density at radius 2 is 1.33 bits per heavy atom. The summed E-state index contributed by atoms with van der Waals surface area (Å²) in [6, 6.07) is 28.7. The predicted molar refractivity (Wildman–Crippen MR) is 204 cm³/mol. The van der Waals surface area contributed by atoms with Gasteiger partial charge in [0.05, 0.1) is 30.6 Å². The number of aromatic nitrogens is 2. The van der Waals surface area contributed by atoms with E-state index in [-0.39, 0.29) is 38.4 Å². The molecule has 0 fully saturated rings. The number of fused-ring (bicyclic) bond motifs is 1. The fourth-order valence-electron chi connectivity index (χ4n) is 6.11. The van der Waals surface area contributed by atoms with E-state index in [0.717, 1.165) is 27.5 Å². The number of carbonyl (C=O) groups is 4. The molecule has 3 amide bonds. The summed E-state index contributed by atoms with van der Waals surface area (Å²) in [4.78, 5) is 61.2. The summed E-state index contributed by atoms with van der Waals surface area (Å²) in [7, 11) is 0. The Balaban J connectivity index is 1.32. The maximum absolute atomic E-state index is 14.2. The van der Waals surface area contributed by atoms with Crippen molar-refractivity contribution in [1.29, 1.82) is 0 Å². The van der Waals surface area contributed by atoms with Gasteiger partial charge in [-0.05, 0) is 39.8 Å². The summed E-state index contributed by atoms with van der Waals surface area (Å²) in [5.74, 6) is -1.79. The first-order valence-electron chi connectivity index (χ1n) is 18.0. The molecule has 12 heteroatoms. The topological polar surface area (TPSA) is 172 Å². The lowest BCUT2D eigenvalue weighted by atomic mass is 9.96. The van der Waals surface area contributed by atoms with E-state index in [1.807, 2.05) is 117 Å². The zero-order valence-corrected chi connectivity index (χ0v) is 30.4. The van der Waals surface area contributed by atoms with Gasteiger partial charge >= 0.3 is 12.1 Å². The number of hydrogen-bond donors (Lipinski definition) is 5. The largest absolute Gasteiger partial charge is 0.461 e. The van der Waals surface area contributed by atoms with E-state index < -0.39 is 48.1 Å². The van der Waals surface area contributed by atoms with E-state index in [0.29, 0.717) is 12.1 Å². The van der Waals surface area contributed by atoms with E-state index in [1.165, 1.54) is 6.33 Å². The number of imidazole rings is 1. The van der Waals surface area contributed by atoms with E-state index in [4.69, 9.17) is 9.47 Å². The van der Waals surface area contributed by atoms with Crippen molar-refractivity contribution in [2.75, 3.05) is 0 Å². The van der Waals surface area contributed by atoms with Gasteiger partial charge < -0.3 is 35.5 Å². The molecule has 5 aromatic rings. The molecule has 0 saturated heterocycles. The fraction of sp³-hybridized carbons (Fsp3) is 0.310. The molecule has 0 unspecified atom stereocenters. The zero-order chi connectivity index (χ0) is 38.3. The van der Waals surface area contributed by atoms with E-state index >= 15 is 0 Å². The van der Waals surface area contributed by atoms with Crippen LogP contribution in [-0.4, -0.2) is 63.2 Å². The fourth-order valence-corrected chi connectivity index (χ4v) is 6.11. The molecule has 4 atom stereocenters. The van der Waals surface area contributed by atoms with Crippen LogP contribution in [0, 0.1) is 5.92 Å². The van der Waals surface area contributed by atoms with Crippen LogP contribution in [0.25, 0.3) is 10.8 Å². The maximum Gasteiger partial charge on any atom is 0.408 e. The minimum atomic E-state index is -1.26. The number of nitrogens with one attached hydrogen (secondary N) is 4. The number of carbonyl (C=O) groups excluding carboxylic acids is 4. The van der Waals surface area contributed by atoms with Gasteiger partial charge in [-0.15, -0.1) is 0 Å². The average Bonchev–Trinajstić information content (AvgIpc) is 3.69. The predicted octanol–water partition coefficient (Wildman–Crippen LogP) is 5.15. The third-order valence-corrected chi connectivity index (χ3v) is 8.86. The van der Waals surface area contributed by atoms with Crippen LogP contribution in [0.5, 0.6) is 0 Å². The second kappa shape index (κ2) is 19.7. The molecular formula is C42H47N5O7.